The summed E-state index contributed by atoms with van der Waals surface area (Å²) in [4.78, 5) is 43.5. The van der Waals surface area contributed by atoms with Crippen LogP contribution >= 0.6 is 0 Å². The normalized spacial score (nSPS) is 11.9. The van der Waals surface area contributed by atoms with Crippen molar-refractivity contribution in [2.75, 3.05) is 13.7 Å². The molecule has 0 aromatic rings. The molecule has 0 bridgehead atoms. The third kappa shape index (κ3) is 11.3. The lowest BCUT2D eigenvalue weighted by molar-refractivity contribution is -0.162. The average molecular weight is 302 g/mol. The maximum Gasteiger partial charge on any atom is 0.339 e. The Morgan fingerprint density at radius 3 is 2.38 bits per heavy atom. The van der Waals surface area contributed by atoms with Crippen molar-refractivity contribution in [2.24, 2.45) is 0 Å². The second-order valence-electron chi connectivity index (χ2n) is 4.09. The molecular weight excluding hydrogens is 284 g/mol. The Morgan fingerprint density at radius 2 is 1.81 bits per heavy atom. The van der Waals surface area contributed by atoms with Crippen LogP contribution in [-0.2, 0) is 33.4 Å². The van der Waals surface area contributed by atoms with Crippen LogP contribution in [-0.4, -0.2) is 48.8 Å². The molecule has 0 fully saturated rings. The topological polar surface area (TPSA) is 116 Å². The van der Waals surface area contributed by atoms with E-state index < -0.39 is 30.0 Å². The molecular formula is C13H18O8. The molecule has 118 valence electrons. The van der Waals surface area contributed by atoms with Crippen molar-refractivity contribution in [3.63, 3.8) is 0 Å². The summed E-state index contributed by atoms with van der Waals surface area (Å²) in [5, 5.41) is 8.33. The van der Waals surface area contributed by atoms with Crippen molar-refractivity contribution < 1.29 is 38.5 Å². The van der Waals surface area contributed by atoms with Gasteiger partial charge < -0.3 is 19.3 Å². The number of hydrogen-bond donors (Lipinski definition) is 1. The Balaban J connectivity index is 3.86. The lowest BCUT2D eigenvalue weighted by Crippen LogP contribution is -2.17. The van der Waals surface area contributed by atoms with Gasteiger partial charge in [-0.25, -0.2) is 14.4 Å². The Kier molecular flexibility index (Phi) is 9.44. The largest absolute Gasteiger partial charge is 0.478 e. The average Bonchev–Trinajstić information content (AvgIpc) is 2.36. The van der Waals surface area contributed by atoms with Gasteiger partial charge in [0.25, 0.3) is 0 Å². The number of hydrogen-bond acceptors (Lipinski definition) is 7. The number of carbonyl (C=O) groups excluding carboxylic acids is 3. The van der Waals surface area contributed by atoms with Gasteiger partial charge in [0.15, 0.2) is 0 Å². The Morgan fingerprint density at radius 1 is 1.14 bits per heavy atom. The van der Waals surface area contributed by atoms with E-state index >= 15 is 0 Å². The lowest BCUT2D eigenvalue weighted by Gasteiger charge is -2.11. The fourth-order valence-electron chi connectivity index (χ4n) is 1.29. The molecule has 0 aromatic carbocycles. The smallest absolute Gasteiger partial charge is 0.339 e. The molecule has 0 aliphatic rings. The molecule has 8 nitrogen and oxygen atoms in total. The van der Waals surface area contributed by atoms with Gasteiger partial charge in [-0.2, -0.15) is 0 Å². The quantitative estimate of drug-likeness (QED) is 0.370. The predicted octanol–water partition coefficient (Wildman–Crippen LogP) is 0.445. The fourth-order valence-corrected chi connectivity index (χ4v) is 1.29. The molecule has 0 aliphatic heterocycles. The molecule has 0 heterocycles. The van der Waals surface area contributed by atoms with Crippen LogP contribution in [0.3, 0.4) is 0 Å². The number of esters is 3. The molecule has 1 atom stereocenters. The second-order valence-corrected chi connectivity index (χ2v) is 4.09. The van der Waals surface area contributed by atoms with Crippen molar-refractivity contribution >= 4 is 23.9 Å². The van der Waals surface area contributed by atoms with Crippen molar-refractivity contribution in [3.05, 3.63) is 12.2 Å². The third-order valence-electron chi connectivity index (χ3n) is 2.16. The van der Waals surface area contributed by atoms with Crippen LogP contribution in [0.15, 0.2) is 12.2 Å². The number of carbonyl (C=O) groups is 4. The highest BCUT2D eigenvalue weighted by molar-refractivity contribution is 5.90. The Hall–Kier alpha value is -2.22. The molecule has 0 rings (SSSR count). The summed E-state index contributed by atoms with van der Waals surface area (Å²) in [7, 11) is 1.31. The zero-order valence-corrected chi connectivity index (χ0v) is 11.9. The highest BCUT2D eigenvalue weighted by Crippen LogP contribution is 2.06. The molecule has 0 saturated carbocycles. The van der Waals surface area contributed by atoms with Gasteiger partial charge in [-0.15, -0.1) is 0 Å². The highest BCUT2D eigenvalue weighted by atomic mass is 16.6. The van der Waals surface area contributed by atoms with Gasteiger partial charge in [0, 0.05) is 25.7 Å². The molecule has 0 amide bonds. The molecule has 1 unspecified atom stereocenters. The van der Waals surface area contributed by atoms with Crippen molar-refractivity contribution in [3.8, 4) is 0 Å². The first-order valence-corrected chi connectivity index (χ1v) is 6.19. The monoisotopic (exact) mass is 302 g/mol. The van der Waals surface area contributed by atoms with E-state index in [2.05, 4.69) is 9.47 Å². The number of carboxylic acid groups (broad SMARTS) is 1. The van der Waals surface area contributed by atoms with Crippen LogP contribution in [0.4, 0.5) is 0 Å². The van der Waals surface area contributed by atoms with Crippen molar-refractivity contribution in [1.82, 2.24) is 0 Å². The minimum absolute atomic E-state index is 0.00229. The van der Waals surface area contributed by atoms with Gasteiger partial charge in [-0.3, -0.25) is 4.79 Å². The minimum atomic E-state index is -1.25. The molecule has 0 aromatic heterocycles. The summed E-state index contributed by atoms with van der Waals surface area (Å²) < 4.78 is 13.8. The van der Waals surface area contributed by atoms with Gasteiger partial charge in [-0.05, 0) is 19.8 Å². The van der Waals surface area contributed by atoms with Gasteiger partial charge in [-0.1, -0.05) is 0 Å². The zero-order valence-electron chi connectivity index (χ0n) is 11.9. The Bertz CT molecular complexity index is 412. The molecule has 21 heavy (non-hydrogen) atoms. The summed E-state index contributed by atoms with van der Waals surface area (Å²) in [5.41, 5.74) is 0. The highest BCUT2D eigenvalue weighted by Gasteiger charge is 2.12. The second kappa shape index (κ2) is 10.6. The maximum absolute atomic E-state index is 11.2. The maximum atomic E-state index is 11.2. The lowest BCUT2D eigenvalue weighted by atomic mass is 10.2. The molecule has 0 saturated heterocycles. The van der Waals surface area contributed by atoms with Crippen LogP contribution in [0.1, 0.15) is 26.2 Å². The first-order chi connectivity index (χ1) is 9.85. The van der Waals surface area contributed by atoms with Gasteiger partial charge in [0.1, 0.15) is 6.61 Å². The van der Waals surface area contributed by atoms with E-state index in [4.69, 9.17) is 9.84 Å². The minimum Gasteiger partial charge on any atom is -0.478 e. The predicted molar refractivity (Wildman–Crippen MR) is 69.2 cm³/mol. The first-order valence-electron chi connectivity index (χ1n) is 6.19. The van der Waals surface area contributed by atoms with Crippen molar-refractivity contribution in [1.29, 1.82) is 0 Å². The van der Waals surface area contributed by atoms with Crippen LogP contribution in [0, 0.1) is 0 Å². The summed E-state index contributed by atoms with van der Waals surface area (Å²) in [6.07, 6.45) is 1.72. The number of rotatable bonds is 9. The molecule has 0 radical (unpaired) electrons. The molecule has 1 N–H and O–H groups in total. The summed E-state index contributed by atoms with van der Waals surface area (Å²) in [5.74, 6) is -3.46. The van der Waals surface area contributed by atoms with E-state index in [1.807, 2.05) is 0 Å². The van der Waals surface area contributed by atoms with E-state index in [0.717, 1.165) is 6.08 Å². The standard InChI is InChI=1S/C13H18O8/c1-9(20-12(17)7-6-10(14)15)4-3-5-11(16)21-13(18)8-19-2/h6-7,9H,3-5,8H2,1-2H3,(H,14,15)/b7-6+. The number of aliphatic carboxylic acids is 1. The van der Waals surface area contributed by atoms with Gasteiger partial charge in [0.05, 0.1) is 6.10 Å². The van der Waals surface area contributed by atoms with Crippen LogP contribution in [0.25, 0.3) is 0 Å². The molecule has 0 aliphatic carbocycles. The SMILES string of the molecule is COCC(=O)OC(=O)CCCC(C)OC(=O)/C=C/C(=O)O. The number of methoxy groups -OCH3 is 1. The number of carboxylic acids is 1. The zero-order chi connectivity index (χ0) is 16.3. The molecule has 8 heteroatoms. The summed E-state index contributed by atoms with van der Waals surface area (Å²) in [6, 6.07) is 0. The van der Waals surface area contributed by atoms with E-state index in [-0.39, 0.29) is 13.0 Å². The van der Waals surface area contributed by atoms with Crippen LogP contribution < -0.4 is 0 Å². The van der Waals surface area contributed by atoms with Gasteiger partial charge >= 0.3 is 23.9 Å². The van der Waals surface area contributed by atoms with E-state index in [1.54, 1.807) is 6.92 Å². The Labute approximate surface area is 121 Å². The first kappa shape index (κ1) is 18.8. The third-order valence-corrected chi connectivity index (χ3v) is 2.16. The van der Waals surface area contributed by atoms with E-state index in [1.165, 1.54) is 7.11 Å². The van der Waals surface area contributed by atoms with E-state index in [0.29, 0.717) is 18.9 Å². The van der Waals surface area contributed by atoms with Crippen LogP contribution in [0.2, 0.25) is 0 Å². The fraction of sp³-hybridized carbons (Fsp3) is 0.538. The van der Waals surface area contributed by atoms with Gasteiger partial charge in [0.2, 0.25) is 0 Å². The summed E-state index contributed by atoms with van der Waals surface area (Å²) in [6.45, 7) is 1.31. The van der Waals surface area contributed by atoms with Crippen LogP contribution in [0.5, 0.6) is 0 Å². The van der Waals surface area contributed by atoms with E-state index in [9.17, 15) is 19.2 Å². The summed E-state index contributed by atoms with van der Waals surface area (Å²) >= 11 is 0. The van der Waals surface area contributed by atoms with Crippen molar-refractivity contribution in [2.45, 2.75) is 32.3 Å². The number of ether oxygens (including phenoxy) is 3. The molecule has 0 spiro atoms.